The highest BCUT2D eigenvalue weighted by atomic mass is 16.3. The lowest BCUT2D eigenvalue weighted by molar-refractivity contribution is 0.0984. The van der Waals surface area contributed by atoms with Crippen molar-refractivity contribution in [2.45, 2.75) is 13.8 Å². The Morgan fingerprint density at radius 3 is 1.78 bits per heavy atom. The summed E-state index contributed by atoms with van der Waals surface area (Å²) in [6.07, 6.45) is 0. The normalized spacial score (nSPS) is 12.0. The molecule has 0 aliphatic carbocycles. The first kappa shape index (κ1) is 22.7. The molecule has 0 saturated heterocycles. The molecule has 0 saturated carbocycles. The summed E-state index contributed by atoms with van der Waals surface area (Å²) in [5, 5.41) is 37.1. The highest BCUT2D eigenvalue weighted by Gasteiger charge is 2.25. The molecule has 0 fully saturated rings. The third kappa shape index (κ3) is 3.63. The van der Waals surface area contributed by atoms with Gasteiger partial charge in [-0.25, -0.2) is 0 Å². The number of azo groups is 2. The van der Waals surface area contributed by atoms with Crippen molar-refractivity contribution in [3.63, 3.8) is 0 Å². The number of amides is 2. The van der Waals surface area contributed by atoms with Gasteiger partial charge in [0.1, 0.15) is 5.69 Å². The van der Waals surface area contributed by atoms with Gasteiger partial charge in [0.15, 0.2) is 11.4 Å². The summed E-state index contributed by atoms with van der Waals surface area (Å²) in [5.41, 5.74) is 2.82. The van der Waals surface area contributed by atoms with Crippen molar-refractivity contribution in [3.8, 4) is 11.8 Å². The molecule has 2 amide bonds. The SMILES string of the molecule is Cc1c(C(=O)N=Nc2c(O)[nH]c3ccccc23)c(C)n(C)c1C(=O)N=Nc1c(O)[nH]c2ccccc12. The van der Waals surface area contributed by atoms with Crippen molar-refractivity contribution < 1.29 is 19.8 Å². The summed E-state index contributed by atoms with van der Waals surface area (Å²) < 4.78 is 1.54. The van der Waals surface area contributed by atoms with Crippen LogP contribution in [0.3, 0.4) is 0 Å². The van der Waals surface area contributed by atoms with Gasteiger partial charge in [-0.15, -0.1) is 20.5 Å². The first-order valence-electron chi connectivity index (χ1n) is 10.9. The Labute approximate surface area is 203 Å². The maximum absolute atomic E-state index is 13.0. The molecule has 36 heavy (non-hydrogen) atoms. The number of aromatic amines is 2. The van der Waals surface area contributed by atoms with E-state index in [4.69, 9.17) is 0 Å². The number of H-pyrrole nitrogens is 2. The van der Waals surface area contributed by atoms with Gasteiger partial charge in [-0.2, -0.15) is 0 Å². The Bertz CT molecular complexity index is 1610. The van der Waals surface area contributed by atoms with Gasteiger partial charge in [0.25, 0.3) is 5.91 Å². The van der Waals surface area contributed by atoms with E-state index < -0.39 is 11.8 Å². The molecule has 5 rings (SSSR count). The molecule has 5 aromatic rings. The lowest BCUT2D eigenvalue weighted by Crippen LogP contribution is -2.05. The molecule has 0 aliphatic heterocycles. The van der Waals surface area contributed by atoms with E-state index >= 15 is 0 Å². The highest BCUT2D eigenvalue weighted by Crippen LogP contribution is 2.36. The third-order valence-electron chi connectivity index (χ3n) is 6.15. The Morgan fingerprint density at radius 1 is 0.778 bits per heavy atom. The summed E-state index contributed by atoms with van der Waals surface area (Å²) >= 11 is 0. The van der Waals surface area contributed by atoms with Gasteiger partial charge in [-0.1, -0.05) is 36.4 Å². The number of aromatic hydroxyl groups is 2. The fraction of sp³-hybridized carbons (Fsp3) is 0.120. The molecule has 0 radical (unpaired) electrons. The molecule has 0 aliphatic rings. The van der Waals surface area contributed by atoms with Gasteiger partial charge in [-0.05, 0) is 31.5 Å². The number of hydrogen-bond acceptors (Lipinski definition) is 6. The van der Waals surface area contributed by atoms with Gasteiger partial charge in [-0.3, -0.25) is 9.59 Å². The second kappa shape index (κ2) is 8.62. The fourth-order valence-electron chi connectivity index (χ4n) is 4.31. The van der Waals surface area contributed by atoms with Crippen molar-refractivity contribution in [3.05, 3.63) is 71.0 Å². The van der Waals surface area contributed by atoms with Crippen LogP contribution < -0.4 is 0 Å². The number of nitrogens with zero attached hydrogens (tertiary/aromatic N) is 5. The molecule has 3 heterocycles. The molecule has 11 heteroatoms. The zero-order valence-corrected chi connectivity index (χ0v) is 19.6. The summed E-state index contributed by atoms with van der Waals surface area (Å²) in [6.45, 7) is 3.29. The number of carbonyl (C=O) groups is 2. The Kier molecular flexibility index (Phi) is 5.44. The van der Waals surface area contributed by atoms with Crippen LogP contribution in [0.4, 0.5) is 11.4 Å². The molecule has 2 aromatic carbocycles. The molecule has 11 nitrogen and oxygen atoms in total. The van der Waals surface area contributed by atoms with Crippen molar-refractivity contribution in [1.29, 1.82) is 0 Å². The Hall–Kier alpha value is -5.06. The Balaban J connectivity index is 1.46. The average Bonchev–Trinajstić information content (AvgIpc) is 3.43. The Morgan fingerprint density at radius 2 is 1.25 bits per heavy atom. The first-order chi connectivity index (χ1) is 17.3. The smallest absolute Gasteiger partial charge is 0.312 e. The van der Waals surface area contributed by atoms with E-state index in [1.54, 1.807) is 69.4 Å². The van der Waals surface area contributed by atoms with E-state index in [0.717, 1.165) is 0 Å². The molecule has 4 N–H and O–H groups in total. The first-order valence-corrected chi connectivity index (χ1v) is 10.9. The van der Waals surface area contributed by atoms with Crippen LogP contribution in [0.2, 0.25) is 0 Å². The summed E-state index contributed by atoms with van der Waals surface area (Å²) in [4.78, 5) is 31.5. The van der Waals surface area contributed by atoms with Crippen LogP contribution in [0, 0.1) is 13.8 Å². The quantitative estimate of drug-likeness (QED) is 0.236. The number of carbonyl (C=O) groups excluding carboxylic acids is 2. The third-order valence-corrected chi connectivity index (χ3v) is 6.15. The summed E-state index contributed by atoms with van der Waals surface area (Å²) in [6, 6.07) is 14.2. The maximum Gasteiger partial charge on any atom is 0.312 e. The molecule has 0 atom stereocenters. The second-order valence-corrected chi connectivity index (χ2v) is 8.24. The van der Waals surface area contributed by atoms with Crippen LogP contribution in [0.25, 0.3) is 21.8 Å². The number of benzene rings is 2. The number of para-hydroxylation sites is 2. The van der Waals surface area contributed by atoms with Crippen LogP contribution in [0.1, 0.15) is 32.1 Å². The minimum Gasteiger partial charge on any atom is -0.493 e. The van der Waals surface area contributed by atoms with Crippen LogP contribution >= 0.6 is 0 Å². The van der Waals surface area contributed by atoms with E-state index in [9.17, 15) is 19.8 Å². The van der Waals surface area contributed by atoms with Crippen LogP contribution in [-0.4, -0.2) is 36.6 Å². The zero-order chi connectivity index (χ0) is 25.6. The number of hydrogen-bond donors (Lipinski definition) is 4. The molecular formula is C25H21N7O4. The molecule has 180 valence electrons. The maximum atomic E-state index is 13.0. The average molecular weight is 483 g/mol. The van der Waals surface area contributed by atoms with Crippen molar-refractivity contribution >= 4 is 45.0 Å². The molecule has 0 unspecified atom stereocenters. The zero-order valence-electron chi connectivity index (χ0n) is 19.6. The summed E-state index contributed by atoms with van der Waals surface area (Å²) in [7, 11) is 1.63. The van der Waals surface area contributed by atoms with Gasteiger partial charge in [0, 0.05) is 23.5 Å². The minimum atomic E-state index is -0.687. The van der Waals surface area contributed by atoms with Crippen LogP contribution in [-0.2, 0) is 7.05 Å². The fourth-order valence-corrected chi connectivity index (χ4v) is 4.31. The van der Waals surface area contributed by atoms with E-state index in [2.05, 4.69) is 30.4 Å². The number of nitrogens with one attached hydrogen (secondary N) is 2. The van der Waals surface area contributed by atoms with Gasteiger partial charge < -0.3 is 24.7 Å². The van der Waals surface area contributed by atoms with Crippen LogP contribution in [0.5, 0.6) is 11.8 Å². The predicted molar refractivity (Wildman–Crippen MR) is 133 cm³/mol. The molecular weight excluding hydrogens is 462 g/mol. The van der Waals surface area contributed by atoms with Crippen molar-refractivity contribution in [2.75, 3.05) is 0 Å². The molecule has 0 spiro atoms. The van der Waals surface area contributed by atoms with Crippen LogP contribution in [0.15, 0.2) is 69.0 Å². The lowest BCUT2D eigenvalue weighted by Gasteiger charge is -2.01. The van der Waals surface area contributed by atoms with E-state index in [0.29, 0.717) is 33.1 Å². The number of fused-ring (bicyclic) bond motifs is 2. The van der Waals surface area contributed by atoms with E-state index in [-0.39, 0.29) is 34.4 Å². The largest absolute Gasteiger partial charge is 0.493 e. The number of rotatable bonds is 4. The van der Waals surface area contributed by atoms with Gasteiger partial charge in [0.05, 0.1) is 16.6 Å². The van der Waals surface area contributed by atoms with Crippen molar-refractivity contribution in [2.24, 2.45) is 27.5 Å². The van der Waals surface area contributed by atoms with Gasteiger partial charge in [0.2, 0.25) is 11.8 Å². The highest BCUT2D eigenvalue weighted by molar-refractivity contribution is 6.04. The lowest BCUT2D eigenvalue weighted by atomic mass is 10.1. The molecule has 0 bridgehead atoms. The topological polar surface area (TPSA) is 161 Å². The van der Waals surface area contributed by atoms with E-state index in [1.807, 2.05) is 0 Å². The minimum absolute atomic E-state index is 0.145. The number of aromatic nitrogens is 3. The molecule has 3 aromatic heterocycles. The summed E-state index contributed by atoms with van der Waals surface area (Å²) in [5.74, 6) is -1.76. The second-order valence-electron chi connectivity index (χ2n) is 8.24. The predicted octanol–water partition coefficient (Wildman–Crippen LogP) is 5.86. The van der Waals surface area contributed by atoms with E-state index in [1.165, 1.54) is 4.57 Å². The van der Waals surface area contributed by atoms with Gasteiger partial charge >= 0.3 is 5.91 Å². The standard InChI is InChI=1S/C25H21N7O4/c1-12-18(22(33)30-28-19-14-8-4-6-10-16(14)26-23(19)34)13(2)32(3)21(12)25(36)31-29-20-15-9-5-7-11-17(15)27-24(20)35/h4-11,26-27,34-35H,1-3H3. The van der Waals surface area contributed by atoms with Crippen molar-refractivity contribution in [1.82, 2.24) is 14.5 Å². The monoisotopic (exact) mass is 483 g/mol.